The number of carbonyl (C=O) groups excluding carboxylic acids is 2. The topological polar surface area (TPSA) is 134 Å². The predicted molar refractivity (Wildman–Crippen MR) is 238 cm³/mol. The Morgan fingerprint density at radius 2 is 0.912 bits per heavy atom. The van der Waals surface area contributed by atoms with Crippen molar-refractivity contribution in [2.24, 2.45) is 5.73 Å². The third kappa shape index (κ3) is 43.4. The van der Waals surface area contributed by atoms with Crippen molar-refractivity contribution in [1.29, 1.82) is 0 Å². The molecule has 2 atom stereocenters. The molecule has 0 aromatic carbocycles. The molecule has 10 heteroatoms. The molecule has 0 aliphatic rings. The zero-order chi connectivity index (χ0) is 41.8. The van der Waals surface area contributed by atoms with Crippen LogP contribution in [0.4, 0.5) is 0 Å². The Morgan fingerprint density at radius 1 is 0.526 bits per heavy atom. The zero-order valence-corrected chi connectivity index (χ0v) is 37.5. The summed E-state index contributed by atoms with van der Waals surface area (Å²) in [6.07, 6.45) is 50.1. The van der Waals surface area contributed by atoms with E-state index >= 15 is 0 Å². The second-order valence-electron chi connectivity index (χ2n) is 15.3. The molecule has 0 saturated heterocycles. The molecule has 0 radical (unpaired) electrons. The third-order valence-corrected chi connectivity index (χ3v) is 10.7. The van der Waals surface area contributed by atoms with E-state index in [1.54, 1.807) is 0 Å². The average molecular weight is 824 g/mol. The number of carbonyl (C=O) groups is 2. The Balaban J connectivity index is 4.13. The van der Waals surface area contributed by atoms with Crippen LogP contribution in [0.5, 0.6) is 0 Å². The van der Waals surface area contributed by atoms with Crippen LogP contribution in [-0.4, -0.2) is 49.3 Å². The number of rotatable bonds is 43. The fourth-order valence-corrected chi connectivity index (χ4v) is 6.99. The fourth-order valence-electron chi connectivity index (χ4n) is 6.22. The predicted octanol–water partition coefficient (Wildman–Crippen LogP) is 13.5. The van der Waals surface area contributed by atoms with E-state index in [4.69, 9.17) is 24.3 Å². The van der Waals surface area contributed by atoms with Crippen molar-refractivity contribution in [3.05, 3.63) is 48.6 Å². The smallest absolute Gasteiger partial charge is 0.462 e. The molecule has 57 heavy (non-hydrogen) atoms. The summed E-state index contributed by atoms with van der Waals surface area (Å²) in [4.78, 5) is 34.9. The summed E-state index contributed by atoms with van der Waals surface area (Å²) in [5.74, 6) is -0.872. The van der Waals surface area contributed by atoms with Crippen LogP contribution < -0.4 is 5.73 Å². The highest BCUT2D eigenvalue weighted by Gasteiger charge is 2.26. The van der Waals surface area contributed by atoms with Crippen LogP contribution in [0.15, 0.2) is 48.6 Å². The number of phosphoric acid groups is 1. The Hall–Kier alpha value is -2.03. The van der Waals surface area contributed by atoms with Crippen LogP contribution in [-0.2, 0) is 32.7 Å². The number of ether oxygens (including phenoxy) is 2. The highest BCUT2D eigenvalue weighted by molar-refractivity contribution is 7.47. The first-order valence-electron chi connectivity index (χ1n) is 23.1. The molecule has 9 nitrogen and oxygen atoms in total. The van der Waals surface area contributed by atoms with Gasteiger partial charge < -0.3 is 20.1 Å². The standard InChI is InChI=1S/C47H86NO8P/c1-3-5-7-9-11-13-15-17-19-20-21-22-23-24-26-27-29-31-33-35-37-39-46(49)53-43-45(44-55-57(51,52)54-42-41-48)56-47(50)40-38-36-34-32-30-28-25-18-16-14-12-10-8-6-4-2/h12,14,17-19,25,30,32,45H,3-11,13,15-16,20-24,26-29,31,33-44,48H2,1-2H3,(H,51,52)/b14-12-,19-17-,25-18-,32-30-/t45-/m1/s1. The van der Waals surface area contributed by atoms with E-state index in [-0.39, 0.29) is 32.6 Å². The van der Waals surface area contributed by atoms with Gasteiger partial charge in [0.05, 0.1) is 13.2 Å². The lowest BCUT2D eigenvalue weighted by atomic mass is 10.0. The maximum absolute atomic E-state index is 12.6. The molecular weight excluding hydrogens is 737 g/mol. The van der Waals surface area contributed by atoms with Gasteiger partial charge in [-0.1, -0.05) is 165 Å². The molecule has 0 fully saturated rings. The summed E-state index contributed by atoms with van der Waals surface area (Å²) in [5, 5.41) is 0. The van der Waals surface area contributed by atoms with E-state index in [1.165, 1.54) is 122 Å². The van der Waals surface area contributed by atoms with E-state index in [2.05, 4.69) is 62.5 Å². The van der Waals surface area contributed by atoms with Crippen LogP contribution in [0, 0.1) is 0 Å². The maximum Gasteiger partial charge on any atom is 0.472 e. The van der Waals surface area contributed by atoms with Gasteiger partial charge in [-0.25, -0.2) is 4.57 Å². The van der Waals surface area contributed by atoms with Gasteiger partial charge in [-0.2, -0.15) is 0 Å². The van der Waals surface area contributed by atoms with Gasteiger partial charge in [-0.3, -0.25) is 18.6 Å². The summed E-state index contributed by atoms with van der Waals surface area (Å²) in [6.45, 7) is 3.66. The molecule has 0 bridgehead atoms. The number of esters is 2. The first kappa shape index (κ1) is 55.0. The van der Waals surface area contributed by atoms with Crippen molar-refractivity contribution < 1.29 is 37.6 Å². The maximum atomic E-state index is 12.6. The Morgan fingerprint density at radius 3 is 1.44 bits per heavy atom. The van der Waals surface area contributed by atoms with E-state index < -0.39 is 32.5 Å². The molecule has 1 unspecified atom stereocenters. The summed E-state index contributed by atoms with van der Waals surface area (Å²) < 4.78 is 32.8. The summed E-state index contributed by atoms with van der Waals surface area (Å²) in [7, 11) is -4.39. The van der Waals surface area contributed by atoms with Gasteiger partial charge in [0.25, 0.3) is 0 Å². The van der Waals surface area contributed by atoms with Gasteiger partial charge in [0.2, 0.25) is 0 Å². The summed E-state index contributed by atoms with van der Waals surface area (Å²) in [5.41, 5.74) is 5.35. The van der Waals surface area contributed by atoms with Crippen molar-refractivity contribution in [3.8, 4) is 0 Å². The Kier molecular flexibility index (Phi) is 42.0. The van der Waals surface area contributed by atoms with Gasteiger partial charge in [-0.05, 0) is 77.0 Å². The number of allylic oxidation sites excluding steroid dienone is 8. The fraction of sp³-hybridized carbons (Fsp3) is 0.787. The van der Waals surface area contributed by atoms with Crippen LogP contribution in [0.1, 0.15) is 206 Å². The molecule has 0 heterocycles. The van der Waals surface area contributed by atoms with Crippen LogP contribution in [0.3, 0.4) is 0 Å². The second kappa shape index (κ2) is 43.5. The number of nitrogens with two attached hydrogens (primary N) is 1. The monoisotopic (exact) mass is 824 g/mol. The normalized spacial score (nSPS) is 13.7. The number of unbranched alkanes of at least 4 members (excludes halogenated alkanes) is 22. The third-order valence-electron chi connectivity index (χ3n) is 9.69. The molecule has 0 rings (SSSR count). The van der Waals surface area contributed by atoms with Crippen LogP contribution >= 0.6 is 7.82 Å². The molecule has 0 aliphatic heterocycles. The van der Waals surface area contributed by atoms with Crippen LogP contribution in [0.25, 0.3) is 0 Å². The first-order chi connectivity index (χ1) is 27.8. The molecule has 3 N–H and O–H groups in total. The Bertz CT molecular complexity index is 1080. The molecular formula is C47H86NO8P. The SMILES string of the molecule is CCCCC/C=C\C/C=C\C/C=C\CCCCC(=O)O[C@H](COC(=O)CCCCCCCCCCCCC/C=C\CCCCCCCC)COP(=O)(O)OCCN. The van der Waals surface area contributed by atoms with Gasteiger partial charge in [0.15, 0.2) is 6.10 Å². The molecule has 0 spiro atoms. The van der Waals surface area contributed by atoms with Crippen molar-refractivity contribution in [2.75, 3.05) is 26.4 Å². The van der Waals surface area contributed by atoms with Gasteiger partial charge in [0, 0.05) is 19.4 Å². The quantitative estimate of drug-likeness (QED) is 0.0267. The van der Waals surface area contributed by atoms with Crippen molar-refractivity contribution in [1.82, 2.24) is 0 Å². The molecule has 0 aliphatic carbocycles. The van der Waals surface area contributed by atoms with Crippen molar-refractivity contribution >= 4 is 19.8 Å². The first-order valence-corrected chi connectivity index (χ1v) is 24.6. The lowest BCUT2D eigenvalue weighted by molar-refractivity contribution is -0.161. The largest absolute Gasteiger partial charge is 0.472 e. The molecule has 0 aromatic rings. The second-order valence-corrected chi connectivity index (χ2v) is 16.7. The molecule has 0 aromatic heterocycles. The number of phosphoric ester groups is 1. The highest BCUT2D eigenvalue weighted by Crippen LogP contribution is 2.43. The van der Waals surface area contributed by atoms with Gasteiger partial charge in [0.1, 0.15) is 6.61 Å². The molecule has 0 saturated carbocycles. The minimum atomic E-state index is -4.39. The number of hydrogen-bond acceptors (Lipinski definition) is 8. The average Bonchev–Trinajstić information content (AvgIpc) is 3.20. The molecule has 332 valence electrons. The summed E-state index contributed by atoms with van der Waals surface area (Å²) >= 11 is 0. The van der Waals surface area contributed by atoms with E-state index in [9.17, 15) is 19.0 Å². The minimum absolute atomic E-state index is 0.0462. The highest BCUT2D eigenvalue weighted by atomic mass is 31.2. The van der Waals surface area contributed by atoms with E-state index in [0.717, 1.165) is 51.4 Å². The summed E-state index contributed by atoms with van der Waals surface area (Å²) in [6, 6.07) is 0. The van der Waals surface area contributed by atoms with Gasteiger partial charge >= 0.3 is 19.8 Å². The minimum Gasteiger partial charge on any atom is -0.462 e. The lowest BCUT2D eigenvalue weighted by Gasteiger charge is -2.19. The Labute approximate surface area is 349 Å². The van der Waals surface area contributed by atoms with E-state index in [1.807, 2.05) is 0 Å². The van der Waals surface area contributed by atoms with Crippen molar-refractivity contribution in [3.63, 3.8) is 0 Å². The van der Waals surface area contributed by atoms with Crippen LogP contribution in [0.2, 0.25) is 0 Å². The zero-order valence-electron chi connectivity index (χ0n) is 36.6. The lowest BCUT2D eigenvalue weighted by Crippen LogP contribution is -2.29. The van der Waals surface area contributed by atoms with Gasteiger partial charge in [-0.15, -0.1) is 0 Å². The number of hydrogen-bond donors (Lipinski definition) is 2. The van der Waals surface area contributed by atoms with E-state index in [0.29, 0.717) is 6.42 Å². The molecule has 0 amide bonds. The van der Waals surface area contributed by atoms with Crippen molar-refractivity contribution in [2.45, 2.75) is 213 Å².